The van der Waals surface area contributed by atoms with Gasteiger partial charge in [-0.25, -0.2) is 9.97 Å². The number of nitrogens with one attached hydrogen (secondary N) is 1. The summed E-state index contributed by atoms with van der Waals surface area (Å²) in [7, 11) is 0. The third kappa shape index (κ3) is 1.87. The van der Waals surface area contributed by atoms with E-state index in [1.54, 1.807) is 0 Å². The maximum atomic E-state index is 4.98. The van der Waals surface area contributed by atoms with E-state index in [-0.39, 0.29) is 0 Å². The normalized spacial score (nSPS) is 11.9. The van der Waals surface area contributed by atoms with Crippen LogP contribution in [0.3, 0.4) is 0 Å². The summed E-state index contributed by atoms with van der Waals surface area (Å²) >= 11 is 0. The van der Waals surface area contributed by atoms with Gasteiger partial charge in [-0.05, 0) is 19.1 Å². The monoisotopic (exact) mass is 320 g/mol. The molecule has 5 aromatic rings. The van der Waals surface area contributed by atoms with Crippen LogP contribution in [0.1, 0.15) is 11.4 Å². The predicted molar refractivity (Wildman–Crippen MR) is 85.2 cm³/mol. The van der Waals surface area contributed by atoms with E-state index in [4.69, 9.17) is 4.52 Å². The molecule has 1 aromatic carbocycles. The number of aromatic amines is 1. The highest BCUT2D eigenvalue weighted by Crippen LogP contribution is 2.29. The number of H-pyrrole nitrogens is 1. The molecule has 1 N–H and O–H groups in total. The Morgan fingerprint density at radius 1 is 1.25 bits per heavy atom. The van der Waals surface area contributed by atoms with Gasteiger partial charge < -0.3 is 9.09 Å². The van der Waals surface area contributed by atoms with E-state index in [1.165, 1.54) is 11.8 Å². The van der Waals surface area contributed by atoms with Gasteiger partial charge in [-0.1, -0.05) is 22.0 Å². The molecular weight excluding hydrogens is 308 g/mol. The molecule has 0 aliphatic carbocycles. The molecule has 24 heavy (non-hydrogen) atoms. The zero-order valence-electron chi connectivity index (χ0n) is 12.8. The number of fused-ring (bicyclic) bond motifs is 4. The average Bonchev–Trinajstić information content (AvgIpc) is 3.30. The fourth-order valence-corrected chi connectivity index (χ4v) is 2.99. The van der Waals surface area contributed by atoms with E-state index in [9.17, 15) is 0 Å². The lowest BCUT2D eigenvalue weighted by atomic mass is 10.2. The van der Waals surface area contributed by atoms with Crippen molar-refractivity contribution in [2.45, 2.75) is 19.9 Å². The van der Waals surface area contributed by atoms with E-state index >= 15 is 0 Å². The second-order valence-electron chi connectivity index (χ2n) is 5.67. The van der Waals surface area contributed by atoms with Crippen LogP contribution in [0.15, 0.2) is 29.0 Å². The highest BCUT2D eigenvalue weighted by Gasteiger charge is 2.16. The van der Waals surface area contributed by atoms with Crippen LogP contribution >= 0.6 is 0 Å². The third-order valence-electron chi connectivity index (χ3n) is 4.09. The fraction of sp³-hybridized carbons (Fsp3) is 0.200. The van der Waals surface area contributed by atoms with Crippen LogP contribution in [0.25, 0.3) is 33.2 Å². The average molecular weight is 320 g/mol. The quantitative estimate of drug-likeness (QED) is 0.539. The SMILES string of the molecule is Cc1ccc2c(c1)c1nc3nocc3nc1n2CCc1nn[nH]n1. The van der Waals surface area contributed by atoms with E-state index in [0.717, 1.165) is 22.1 Å². The number of tetrazole rings is 1. The highest BCUT2D eigenvalue weighted by molar-refractivity contribution is 6.06. The lowest BCUT2D eigenvalue weighted by Gasteiger charge is -2.04. The summed E-state index contributed by atoms with van der Waals surface area (Å²) in [5.74, 6) is 0.663. The van der Waals surface area contributed by atoms with E-state index in [2.05, 4.69) is 65.4 Å². The summed E-state index contributed by atoms with van der Waals surface area (Å²) in [4.78, 5) is 9.32. The molecule has 0 amide bonds. The molecule has 0 unspecified atom stereocenters. The minimum Gasteiger partial charge on any atom is -0.360 e. The van der Waals surface area contributed by atoms with Crippen LogP contribution in [-0.4, -0.2) is 40.3 Å². The molecule has 0 saturated heterocycles. The van der Waals surface area contributed by atoms with Crippen molar-refractivity contribution < 1.29 is 4.52 Å². The molecule has 4 aromatic heterocycles. The fourth-order valence-electron chi connectivity index (χ4n) is 2.99. The minimum absolute atomic E-state index is 0.515. The Labute approximate surface area is 134 Å². The molecule has 5 rings (SSSR count). The number of hydrogen-bond acceptors (Lipinski definition) is 7. The van der Waals surface area contributed by atoms with E-state index in [0.29, 0.717) is 30.0 Å². The lowest BCUT2D eigenvalue weighted by molar-refractivity contribution is 0.426. The van der Waals surface area contributed by atoms with Crippen molar-refractivity contribution in [1.82, 2.24) is 40.3 Å². The van der Waals surface area contributed by atoms with Crippen LogP contribution in [0.5, 0.6) is 0 Å². The first kappa shape index (κ1) is 13.1. The molecule has 0 fully saturated rings. The second kappa shape index (κ2) is 4.82. The summed E-state index contributed by atoms with van der Waals surface area (Å²) in [5, 5.41) is 19.0. The number of benzene rings is 1. The predicted octanol–water partition coefficient (Wildman–Crippen LogP) is 1.79. The maximum absolute atomic E-state index is 4.98. The van der Waals surface area contributed by atoms with Gasteiger partial charge in [0.25, 0.3) is 0 Å². The maximum Gasteiger partial charge on any atom is 0.221 e. The number of aryl methyl sites for hydroxylation is 3. The largest absolute Gasteiger partial charge is 0.360 e. The van der Waals surface area contributed by atoms with Crippen molar-refractivity contribution in [1.29, 1.82) is 0 Å². The van der Waals surface area contributed by atoms with Gasteiger partial charge in [-0.15, -0.1) is 10.2 Å². The zero-order valence-corrected chi connectivity index (χ0v) is 12.8. The first-order valence-corrected chi connectivity index (χ1v) is 7.52. The Balaban J connectivity index is 1.77. The van der Waals surface area contributed by atoms with Crippen LogP contribution < -0.4 is 0 Å². The third-order valence-corrected chi connectivity index (χ3v) is 4.09. The van der Waals surface area contributed by atoms with Gasteiger partial charge in [-0.3, -0.25) is 0 Å². The molecule has 118 valence electrons. The summed E-state index contributed by atoms with van der Waals surface area (Å²) in [6.07, 6.45) is 2.15. The molecule has 4 heterocycles. The van der Waals surface area contributed by atoms with Crippen molar-refractivity contribution in [3.63, 3.8) is 0 Å². The summed E-state index contributed by atoms with van der Waals surface area (Å²) in [6.45, 7) is 2.73. The molecule has 0 aliphatic rings. The van der Waals surface area contributed by atoms with Gasteiger partial charge >= 0.3 is 0 Å². The topological polar surface area (TPSA) is 111 Å². The minimum atomic E-state index is 0.515. The molecule has 0 bridgehead atoms. The van der Waals surface area contributed by atoms with Gasteiger partial charge in [-0.2, -0.15) is 5.21 Å². The summed E-state index contributed by atoms with van der Waals surface area (Å²) in [5.41, 5.74) is 5.02. The Morgan fingerprint density at radius 3 is 3.08 bits per heavy atom. The number of rotatable bonds is 3. The first-order chi connectivity index (χ1) is 11.8. The number of nitrogens with zero attached hydrogens (tertiary/aromatic N) is 7. The molecule has 0 atom stereocenters. The van der Waals surface area contributed by atoms with Crippen LogP contribution in [0.4, 0.5) is 0 Å². The Hall–Kier alpha value is -3.36. The lowest BCUT2D eigenvalue weighted by Crippen LogP contribution is -2.03. The molecular formula is C15H12N8O. The summed E-state index contributed by atoms with van der Waals surface area (Å²) < 4.78 is 7.11. The standard InChI is InChI=1S/C15H12N8O/c1-8-2-3-11-9(6-8)13-15(16-10-7-24-20-14(10)17-13)23(11)5-4-12-18-21-22-19-12/h2-3,6-7H,4-5H2,1H3,(H,18,19,21,22). The first-order valence-electron chi connectivity index (χ1n) is 7.52. The van der Waals surface area contributed by atoms with E-state index in [1.807, 2.05) is 0 Å². The van der Waals surface area contributed by atoms with Crippen LogP contribution in [-0.2, 0) is 13.0 Å². The Kier molecular flexibility index (Phi) is 2.63. The highest BCUT2D eigenvalue weighted by atomic mass is 16.5. The van der Waals surface area contributed by atoms with Crippen molar-refractivity contribution in [3.05, 3.63) is 35.9 Å². The van der Waals surface area contributed by atoms with Crippen molar-refractivity contribution in [3.8, 4) is 0 Å². The smallest absolute Gasteiger partial charge is 0.221 e. The molecule has 9 heteroatoms. The number of aromatic nitrogens is 8. The van der Waals surface area contributed by atoms with Gasteiger partial charge in [0.05, 0.1) is 5.52 Å². The zero-order chi connectivity index (χ0) is 16.1. The number of hydrogen-bond donors (Lipinski definition) is 1. The Morgan fingerprint density at radius 2 is 2.21 bits per heavy atom. The van der Waals surface area contributed by atoms with E-state index < -0.39 is 0 Å². The molecule has 0 saturated carbocycles. The second-order valence-corrected chi connectivity index (χ2v) is 5.67. The summed E-state index contributed by atoms with van der Waals surface area (Å²) in [6, 6.07) is 6.29. The van der Waals surface area contributed by atoms with Crippen LogP contribution in [0, 0.1) is 6.92 Å². The molecule has 0 spiro atoms. The molecule has 9 nitrogen and oxygen atoms in total. The van der Waals surface area contributed by atoms with Gasteiger partial charge in [0, 0.05) is 18.4 Å². The van der Waals surface area contributed by atoms with Gasteiger partial charge in [0.2, 0.25) is 5.65 Å². The Bertz CT molecular complexity index is 1170. The van der Waals surface area contributed by atoms with Crippen molar-refractivity contribution in [2.75, 3.05) is 0 Å². The van der Waals surface area contributed by atoms with Crippen molar-refractivity contribution >= 4 is 33.2 Å². The van der Waals surface area contributed by atoms with Crippen LogP contribution in [0.2, 0.25) is 0 Å². The van der Waals surface area contributed by atoms with Gasteiger partial charge in [0.15, 0.2) is 23.3 Å². The molecule has 0 radical (unpaired) electrons. The molecule has 0 aliphatic heterocycles. The van der Waals surface area contributed by atoms with Gasteiger partial charge in [0.1, 0.15) is 5.52 Å². The van der Waals surface area contributed by atoms with Crippen molar-refractivity contribution in [2.24, 2.45) is 0 Å².